The standard InChI is InChI=1S/C13H8Cl3IN2O/c14-7-1-2-12(11(17)6-7)19-13(20)18-10-4-8(15)3-9(16)5-10/h1-6H,(H2,18,19,20). The third-order valence-electron chi connectivity index (χ3n) is 2.30. The van der Waals surface area contributed by atoms with Crippen LogP contribution in [0.3, 0.4) is 0 Å². The first-order valence-electron chi connectivity index (χ1n) is 5.43. The predicted molar refractivity (Wildman–Crippen MR) is 93.3 cm³/mol. The quantitative estimate of drug-likeness (QED) is 0.560. The van der Waals surface area contributed by atoms with Crippen molar-refractivity contribution in [2.24, 2.45) is 0 Å². The van der Waals surface area contributed by atoms with E-state index in [2.05, 4.69) is 33.2 Å². The van der Waals surface area contributed by atoms with Gasteiger partial charge in [-0.15, -0.1) is 0 Å². The number of hydrogen-bond acceptors (Lipinski definition) is 1. The van der Waals surface area contributed by atoms with E-state index in [0.29, 0.717) is 26.4 Å². The fraction of sp³-hybridized carbons (Fsp3) is 0. The summed E-state index contributed by atoms with van der Waals surface area (Å²) in [5.41, 5.74) is 1.18. The fourth-order valence-electron chi connectivity index (χ4n) is 1.50. The van der Waals surface area contributed by atoms with Crippen LogP contribution in [0.15, 0.2) is 36.4 Å². The number of halogens is 4. The molecular formula is C13H8Cl3IN2O. The van der Waals surface area contributed by atoms with Crippen LogP contribution in [0, 0.1) is 3.57 Å². The van der Waals surface area contributed by atoms with Gasteiger partial charge in [-0.05, 0) is 59.0 Å². The predicted octanol–water partition coefficient (Wildman–Crippen LogP) is 5.90. The van der Waals surface area contributed by atoms with Crippen molar-refractivity contribution in [3.05, 3.63) is 55.0 Å². The van der Waals surface area contributed by atoms with Crippen LogP contribution in [-0.4, -0.2) is 6.03 Å². The Balaban J connectivity index is 2.09. The van der Waals surface area contributed by atoms with E-state index >= 15 is 0 Å². The molecular weight excluding hydrogens is 433 g/mol. The Morgan fingerprint density at radius 3 is 2.15 bits per heavy atom. The minimum Gasteiger partial charge on any atom is -0.308 e. The van der Waals surface area contributed by atoms with Crippen LogP contribution in [-0.2, 0) is 0 Å². The Morgan fingerprint density at radius 1 is 0.900 bits per heavy atom. The highest BCUT2D eigenvalue weighted by Gasteiger charge is 2.07. The Labute approximate surface area is 144 Å². The average molecular weight is 441 g/mol. The molecule has 2 rings (SSSR count). The molecule has 0 saturated heterocycles. The van der Waals surface area contributed by atoms with E-state index in [9.17, 15) is 4.79 Å². The Morgan fingerprint density at radius 2 is 1.55 bits per heavy atom. The van der Waals surface area contributed by atoms with Crippen molar-refractivity contribution >= 4 is 74.8 Å². The molecule has 2 aromatic rings. The molecule has 0 aliphatic rings. The number of carbonyl (C=O) groups is 1. The van der Waals surface area contributed by atoms with E-state index in [1.165, 1.54) is 0 Å². The highest BCUT2D eigenvalue weighted by atomic mass is 127. The first-order valence-corrected chi connectivity index (χ1v) is 7.64. The van der Waals surface area contributed by atoms with Crippen LogP contribution in [0.2, 0.25) is 15.1 Å². The van der Waals surface area contributed by atoms with Gasteiger partial charge in [0.05, 0.1) is 5.69 Å². The van der Waals surface area contributed by atoms with Gasteiger partial charge in [0.2, 0.25) is 0 Å². The van der Waals surface area contributed by atoms with Crippen molar-refractivity contribution in [1.29, 1.82) is 0 Å². The van der Waals surface area contributed by atoms with E-state index in [1.54, 1.807) is 36.4 Å². The topological polar surface area (TPSA) is 41.1 Å². The van der Waals surface area contributed by atoms with Crippen molar-refractivity contribution in [2.45, 2.75) is 0 Å². The first-order chi connectivity index (χ1) is 9.44. The molecule has 0 atom stereocenters. The maximum Gasteiger partial charge on any atom is 0.323 e. The zero-order valence-electron chi connectivity index (χ0n) is 9.88. The van der Waals surface area contributed by atoms with Crippen molar-refractivity contribution < 1.29 is 4.79 Å². The average Bonchev–Trinajstić information content (AvgIpc) is 2.31. The zero-order chi connectivity index (χ0) is 14.7. The van der Waals surface area contributed by atoms with Gasteiger partial charge in [-0.25, -0.2) is 4.79 Å². The van der Waals surface area contributed by atoms with Gasteiger partial charge in [-0.3, -0.25) is 0 Å². The van der Waals surface area contributed by atoms with Crippen molar-refractivity contribution in [3.8, 4) is 0 Å². The van der Waals surface area contributed by atoms with Crippen molar-refractivity contribution in [3.63, 3.8) is 0 Å². The normalized spacial score (nSPS) is 10.2. The van der Waals surface area contributed by atoms with Gasteiger partial charge in [-0.2, -0.15) is 0 Å². The van der Waals surface area contributed by atoms with Crippen molar-refractivity contribution in [2.75, 3.05) is 10.6 Å². The van der Waals surface area contributed by atoms with Crippen LogP contribution in [0.1, 0.15) is 0 Å². The van der Waals surface area contributed by atoms with Crippen LogP contribution in [0.4, 0.5) is 16.2 Å². The number of rotatable bonds is 2. The van der Waals surface area contributed by atoms with Crippen LogP contribution in [0.25, 0.3) is 0 Å². The molecule has 20 heavy (non-hydrogen) atoms. The molecule has 0 saturated carbocycles. The molecule has 0 bridgehead atoms. The molecule has 3 nitrogen and oxygen atoms in total. The smallest absolute Gasteiger partial charge is 0.308 e. The summed E-state index contributed by atoms with van der Waals surface area (Å²) in [7, 11) is 0. The summed E-state index contributed by atoms with van der Waals surface area (Å²) < 4.78 is 0.842. The lowest BCUT2D eigenvalue weighted by atomic mass is 10.3. The second-order valence-electron chi connectivity index (χ2n) is 3.86. The summed E-state index contributed by atoms with van der Waals surface area (Å²) in [4.78, 5) is 11.9. The fourth-order valence-corrected chi connectivity index (χ4v) is 3.03. The highest BCUT2D eigenvalue weighted by molar-refractivity contribution is 14.1. The summed E-state index contributed by atoms with van der Waals surface area (Å²) in [6, 6.07) is 9.62. The van der Waals surface area contributed by atoms with Gasteiger partial charge in [0.15, 0.2) is 0 Å². The SMILES string of the molecule is O=C(Nc1cc(Cl)cc(Cl)c1)Nc1ccc(Cl)cc1I. The number of benzene rings is 2. The number of nitrogens with one attached hydrogen (secondary N) is 2. The molecule has 0 spiro atoms. The minimum absolute atomic E-state index is 0.386. The first kappa shape index (κ1) is 15.7. The van der Waals surface area contributed by atoms with Gasteiger partial charge in [0.25, 0.3) is 0 Å². The Bertz CT molecular complexity index is 644. The van der Waals surface area contributed by atoms with Crippen LogP contribution < -0.4 is 10.6 Å². The summed E-state index contributed by atoms with van der Waals surface area (Å²) in [5.74, 6) is 0. The maximum absolute atomic E-state index is 11.9. The van der Waals surface area contributed by atoms with Gasteiger partial charge in [-0.1, -0.05) is 34.8 Å². The van der Waals surface area contributed by atoms with Gasteiger partial charge in [0, 0.05) is 24.3 Å². The third kappa shape index (κ3) is 4.41. The number of amides is 2. The summed E-state index contributed by atoms with van der Waals surface area (Å²) in [5, 5.41) is 6.90. The number of urea groups is 1. The lowest BCUT2D eigenvalue weighted by Gasteiger charge is -2.10. The number of hydrogen-bond donors (Lipinski definition) is 2. The summed E-state index contributed by atoms with van der Waals surface area (Å²) in [6.07, 6.45) is 0. The second-order valence-corrected chi connectivity index (χ2v) is 6.33. The lowest BCUT2D eigenvalue weighted by Crippen LogP contribution is -2.20. The van der Waals surface area contributed by atoms with Gasteiger partial charge in [0.1, 0.15) is 0 Å². The molecule has 7 heteroatoms. The Kier molecular flexibility index (Phi) is 5.37. The minimum atomic E-state index is -0.386. The van der Waals surface area contributed by atoms with Crippen molar-refractivity contribution in [1.82, 2.24) is 0 Å². The molecule has 0 unspecified atom stereocenters. The molecule has 0 heterocycles. The summed E-state index contributed by atoms with van der Waals surface area (Å²) >= 11 is 19.7. The maximum atomic E-state index is 11.9. The lowest BCUT2D eigenvalue weighted by molar-refractivity contribution is 0.262. The molecule has 2 N–H and O–H groups in total. The van der Waals surface area contributed by atoms with Crippen LogP contribution in [0.5, 0.6) is 0 Å². The molecule has 2 amide bonds. The van der Waals surface area contributed by atoms with Crippen LogP contribution >= 0.6 is 57.4 Å². The highest BCUT2D eigenvalue weighted by Crippen LogP contribution is 2.24. The van der Waals surface area contributed by atoms with E-state index in [-0.39, 0.29) is 6.03 Å². The van der Waals surface area contributed by atoms with E-state index < -0.39 is 0 Å². The molecule has 0 aliphatic heterocycles. The monoisotopic (exact) mass is 440 g/mol. The number of anilines is 2. The second kappa shape index (κ2) is 6.85. The molecule has 104 valence electrons. The summed E-state index contributed by atoms with van der Waals surface area (Å²) in [6.45, 7) is 0. The van der Waals surface area contributed by atoms with E-state index in [4.69, 9.17) is 34.8 Å². The van der Waals surface area contributed by atoms with Gasteiger partial charge >= 0.3 is 6.03 Å². The van der Waals surface area contributed by atoms with E-state index in [1.807, 2.05) is 0 Å². The third-order valence-corrected chi connectivity index (χ3v) is 3.86. The molecule has 0 fully saturated rings. The molecule has 0 aromatic heterocycles. The molecule has 0 aliphatic carbocycles. The van der Waals surface area contributed by atoms with Gasteiger partial charge < -0.3 is 10.6 Å². The Hall–Kier alpha value is -0.690. The zero-order valence-corrected chi connectivity index (χ0v) is 14.3. The molecule has 2 aromatic carbocycles. The number of carbonyl (C=O) groups excluding carboxylic acids is 1. The largest absolute Gasteiger partial charge is 0.323 e. The van der Waals surface area contributed by atoms with E-state index in [0.717, 1.165) is 3.57 Å². The molecule has 0 radical (unpaired) electrons.